The molecule has 0 bridgehead atoms. The van der Waals surface area contributed by atoms with E-state index in [0.29, 0.717) is 0 Å². The molecule has 29 heavy (non-hydrogen) atoms. The van der Waals surface area contributed by atoms with Gasteiger partial charge in [-0.15, -0.1) is 0 Å². The smallest absolute Gasteiger partial charge is 0.119 e. The second kappa shape index (κ2) is 6.52. The maximum Gasteiger partial charge on any atom is 0.119 e. The van der Waals surface area contributed by atoms with Gasteiger partial charge in [0.15, 0.2) is 0 Å². The Kier molecular flexibility index (Phi) is 4.06. The Bertz CT molecular complexity index is 1270. The predicted molar refractivity (Wildman–Crippen MR) is 119 cm³/mol. The Morgan fingerprint density at radius 2 is 1.83 bits per heavy atom. The van der Waals surface area contributed by atoms with Crippen molar-refractivity contribution in [1.29, 1.82) is 0 Å². The average Bonchev–Trinajstić information content (AvgIpc) is 3.31. The minimum atomic E-state index is -0.240. The van der Waals surface area contributed by atoms with Gasteiger partial charge in [-0.05, 0) is 42.0 Å². The molecule has 0 unspecified atom stereocenters. The zero-order valence-electron chi connectivity index (χ0n) is 16.3. The van der Waals surface area contributed by atoms with Gasteiger partial charge in [0.2, 0.25) is 0 Å². The monoisotopic (exact) mass is 446 g/mol. The van der Waals surface area contributed by atoms with E-state index in [1.807, 2.05) is 59.8 Å². The third kappa shape index (κ3) is 2.78. The van der Waals surface area contributed by atoms with Crippen LogP contribution in [0.25, 0.3) is 16.5 Å². The fraction of sp³-hybridized carbons (Fsp3) is 0.174. The zero-order valence-corrected chi connectivity index (χ0v) is 17.9. The number of methoxy groups -OCH3 is 1. The van der Waals surface area contributed by atoms with Gasteiger partial charge < -0.3 is 4.74 Å². The second-order valence-corrected chi connectivity index (χ2v) is 8.49. The van der Waals surface area contributed by atoms with Gasteiger partial charge in [-0.25, -0.2) is 4.68 Å². The molecule has 2 aromatic carbocycles. The van der Waals surface area contributed by atoms with Crippen LogP contribution in [0.15, 0.2) is 70.7 Å². The van der Waals surface area contributed by atoms with E-state index < -0.39 is 0 Å². The molecular formula is C23H19BrN4O. The number of benzene rings is 2. The highest BCUT2D eigenvalue weighted by Gasteiger charge is 2.37. The lowest BCUT2D eigenvalue weighted by molar-refractivity contribution is 0.414. The summed E-state index contributed by atoms with van der Waals surface area (Å²) in [4.78, 5) is 9.38. The molecule has 6 heteroatoms. The minimum Gasteiger partial charge on any atom is -0.497 e. The Hall–Kier alpha value is -2.99. The van der Waals surface area contributed by atoms with Gasteiger partial charge in [0.25, 0.3) is 0 Å². The van der Waals surface area contributed by atoms with Crippen LogP contribution in [0.1, 0.15) is 25.0 Å². The Labute approximate surface area is 177 Å². The van der Waals surface area contributed by atoms with Crippen molar-refractivity contribution >= 4 is 38.1 Å². The Morgan fingerprint density at radius 1 is 1.03 bits per heavy atom. The number of rotatable bonds is 3. The molecular weight excluding hydrogens is 428 g/mol. The van der Waals surface area contributed by atoms with Gasteiger partial charge >= 0.3 is 0 Å². The second-order valence-electron chi connectivity index (χ2n) is 7.63. The van der Waals surface area contributed by atoms with E-state index in [1.54, 1.807) is 7.11 Å². The molecule has 1 aliphatic rings. The molecule has 144 valence electrons. The average molecular weight is 447 g/mol. The van der Waals surface area contributed by atoms with Crippen LogP contribution in [-0.2, 0) is 5.41 Å². The largest absolute Gasteiger partial charge is 0.497 e. The first kappa shape index (κ1) is 18.1. The van der Waals surface area contributed by atoms with Crippen LogP contribution in [0.4, 0.5) is 5.69 Å². The zero-order chi connectivity index (χ0) is 20.2. The first-order valence-corrected chi connectivity index (χ1v) is 10.1. The molecule has 4 aromatic rings. The fourth-order valence-electron chi connectivity index (χ4n) is 3.93. The lowest BCUT2D eigenvalue weighted by atomic mass is 9.79. The van der Waals surface area contributed by atoms with E-state index in [2.05, 4.69) is 45.9 Å². The quantitative estimate of drug-likeness (QED) is 0.411. The first-order chi connectivity index (χ1) is 14.0. The number of fused-ring (bicyclic) bond motifs is 3. The summed E-state index contributed by atoms with van der Waals surface area (Å²) in [6, 6.07) is 12.0. The summed E-state index contributed by atoms with van der Waals surface area (Å²) < 4.78 is 8.17. The van der Waals surface area contributed by atoms with Crippen molar-refractivity contribution < 1.29 is 4.74 Å². The van der Waals surface area contributed by atoms with E-state index in [-0.39, 0.29) is 5.41 Å². The molecule has 0 amide bonds. The number of hydrogen-bond donors (Lipinski definition) is 0. The Balaban J connectivity index is 1.61. The molecule has 0 spiro atoms. The van der Waals surface area contributed by atoms with Crippen molar-refractivity contribution in [2.45, 2.75) is 19.3 Å². The molecule has 0 saturated heterocycles. The number of pyridine rings is 1. The summed E-state index contributed by atoms with van der Waals surface area (Å²) in [5.41, 5.74) is 4.94. The number of aromatic nitrogens is 3. The van der Waals surface area contributed by atoms with Crippen LogP contribution in [0, 0.1) is 0 Å². The number of aliphatic imine (C=N–C) groups is 1. The van der Waals surface area contributed by atoms with Crippen molar-refractivity contribution in [2.24, 2.45) is 4.99 Å². The molecule has 0 fully saturated rings. The van der Waals surface area contributed by atoms with Gasteiger partial charge in [-0.3, -0.25) is 9.98 Å². The lowest BCUT2D eigenvalue weighted by Gasteiger charge is -2.22. The van der Waals surface area contributed by atoms with Crippen molar-refractivity contribution in [3.8, 4) is 11.4 Å². The number of nitrogens with zero attached hydrogens (tertiary/aromatic N) is 4. The molecule has 5 rings (SSSR count). The van der Waals surface area contributed by atoms with Crippen molar-refractivity contribution in [1.82, 2.24) is 14.8 Å². The normalized spacial score (nSPS) is 14.7. The van der Waals surface area contributed by atoms with E-state index in [9.17, 15) is 0 Å². The van der Waals surface area contributed by atoms with Crippen LogP contribution < -0.4 is 4.74 Å². The molecule has 0 aliphatic carbocycles. The maximum atomic E-state index is 5.24. The van der Waals surface area contributed by atoms with Crippen LogP contribution in [0.5, 0.6) is 5.75 Å². The number of hydrogen-bond acceptors (Lipinski definition) is 4. The standard InChI is InChI=1S/C23H19BrN4O/c1-23(2)19-10-20(24)17-8-9-25-12-18(17)21(19)27-22(23)14-11-26-28(13-14)15-4-6-16(29-3)7-5-15/h4-13H,1-3H3. The number of halogens is 1. The highest BCUT2D eigenvalue weighted by atomic mass is 79.9. The molecule has 2 aromatic heterocycles. The van der Waals surface area contributed by atoms with Crippen LogP contribution >= 0.6 is 15.9 Å². The third-order valence-corrected chi connectivity index (χ3v) is 6.20. The van der Waals surface area contributed by atoms with Crippen LogP contribution in [-0.4, -0.2) is 27.6 Å². The van der Waals surface area contributed by atoms with E-state index in [4.69, 9.17) is 9.73 Å². The summed E-state index contributed by atoms with van der Waals surface area (Å²) in [5, 5.41) is 6.74. The molecule has 0 radical (unpaired) electrons. The van der Waals surface area contributed by atoms with Crippen molar-refractivity contribution in [3.05, 3.63) is 76.8 Å². The molecule has 0 saturated carbocycles. The molecule has 0 atom stereocenters. The topological polar surface area (TPSA) is 52.3 Å². The van der Waals surface area contributed by atoms with E-state index in [0.717, 1.165) is 43.6 Å². The summed E-state index contributed by atoms with van der Waals surface area (Å²) in [6.45, 7) is 4.41. The summed E-state index contributed by atoms with van der Waals surface area (Å²) in [6.07, 6.45) is 7.61. The van der Waals surface area contributed by atoms with Crippen molar-refractivity contribution in [3.63, 3.8) is 0 Å². The van der Waals surface area contributed by atoms with Crippen molar-refractivity contribution in [2.75, 3.05) is 7.11 Å². The molecule has 3 heterocycles. The molecule has 1 aliphatic heterocycles. The fourth-order valence-corrected chi connectivity index (χ4v) is 4.51. The summed E-state index contributed by atoms with van der Waals surface area (Å²) in [7, 11) is 1.66. The Morgan fingerprint density at radius 3 is 2.59 bits per heavy atom. The minimum absolute atomic E-state index is 0.240. The lowest BCUT2D eigenvalue weighted by Crippen LogP contribution is -2.26. The van der Waals surface area contributed by atoms with Gasteiger partial charge in [0.1, 0.15) is 5.75 Å². The highest BCUT2D eigenvalue weighted by molar-refractivity contribution is 9.10. The number of ether oxygens (including phenoxy) is 1. The van der Waals surface area contributed by atoms with Crippen LogP contribution in [0.2, 0.25) is 0 Å². The van der Waals surface area contributed by atoms with E-state index >= 15 is 0 Å². The first-order valence-electron chi connectivity index (χ1n) is 9.34. The summed E-state index contributed by atoms with van der Waals surface area (Å²) >= 11 is 3.72. The molecule has 0 N–H and O–H groups in total. The highest BCUT2D eigenvalue weighted by Crippen LogP contribution is 2.47. The molecule has 5 nitrogen and oxygen atoms in total. The maximum absolute atomic E-state index is 5.24. The summed E-state index contributed by atoms with van der Waals surface area (Å²) in [5.74, 6) is 0.823. The van der Waals surface area contributed by atoms with Gasteiger partial charge in [-0.2, -0.15) is 5.10 Å². The third-order valence-electron chi connectivity index (χ3n) is 5.54. The SMILES string of the molecule is COc1ccc(-n2cc(C3=Nc4c(cc(Br)c5ccncc45)C3(C)C)cn2)cc1. The predicted octanol–water partition coefficient (Wildman–Crippen LogP) is 5.60. The van der Waals surface area contributed by atoms with Crippen LogP contribution in [0.3, 0.4) is 0 Å². The van der Waals surface area contributed by atoms with Gasteiger partial charge in [0, 0.05) is 44.8 Å². The van der Waals surface area contributed by atoms with E-state index in [1.165, 1.54) is 5.56 Å². The van der Waals surface area contributed by atoms with Gasteiger partial charge in [0.05, 0.1) is 30.4 Å². The van der Waals surface area contributed by atoms with Gasteiger partial charge in [-0.1, -0.05) is 29.8 Å².